The summed E-state index contributed by atoms with van der Waals surface area (Å²) < 4.78 is 1.69. The summed E-state index contributed by atoms with van der Waals surface area (Å²) >= 11 is 1.65. The molecule has 0 spiro atoms. The Morgan fingerprint density at radius 2 is 2.12 bits per heavy atom. The summed E-state index contributed by atoms with van der Waals surface area (Å²) in [7, 11) is 1.83. The lowest BCUT2D eigenvalue weighted by molar-refractivity contribution is 0.196. The van der Waals surface area contributed by atoms with Gasteiger partial charge in [0.25, 0.3) is 0 Å². The van der Waals surface area contributed by atoms with Gasteiger partial charge in [0.2, 0.25) is 0 Å². The van der Waals surface area contributed by atoms with Crippen LogP contribution in [-0.4, -0.2) is 31.7 Å². The summed E-state index contributed by atoms with van der Waals surface area (Å²) in [6.07, 6.45) is 1.64. The fraction of sp³-hybridized carbons (Fsp3) is 0.333. The molecule has 5 heteroatoms. The van der Waals surface area contributed by atoms with Gasteiger partial charge in [-0.1, -0.05) is 18.2 Å². The van der Waals surface area contributed by atoms with Crippen LogP contribution in [0.1, 0.15) is 5.82 Å². The van der Waals surface area contributed by atoms with Crippen molar-refractivity contribution in [3.05, 3.63) is 42.5 Å². The third-order valence-electron chi connectivity index (χ3n) is 2.41. The zero-order chi connectivity index (χ0) is 12.1. The third kappa shape index (κ3) is 3.57. The van der Waals surface area contributed by atoms with Crippen molar-refractivity contribution in [2.45, 2.75) is 17.4 Å². The molecule has 0 amide bonds. The fourth-order valence-corrected chi connectivity index (χ4v) is 2.34. The van der Waals surface area contributed by atoms with Crippen molar-refractivity contribution in [1.82, 2.24) is 14.8 Å². The number of aromatic nitrogens is 3. The Morgan fingerprint density at radius 3 is 2.76 bits per heavy atom. The van der Waals surface area contributed by atoms with E-state index in [-0.39, 0.29) is 0 Å². The molecule has 17 heavy (non-hydrogen) atoms. The van der Waals surface area contributed by atoms with Crippen LogP contribution in [0.15, 0.2) is 41.6 Å². The Bertz CT molecular complexity index is 458. The van der Waals surface area contributed by atoms with Crippen molar-refractivity contribution in [2.75, 3.05) is 5.75 Å². The first-order valence-electron chi connectivity index (χ1n) is 5.44. The van der Waals surface area contributed by atoms with Crippen LogP contribution in [0.2, 0.25) is 0 Å². The summed E-state index contributed by atoms with van der Waals surface area (Å²) in [5.74, 6) is 1.47. The Morgan fingerprint density at radius 1 is 1.35 bits per heavy atom. The zero-order valence-corrected chi connectivity index (χ0v) is 10.5. The fourth-order valence-electron chi connectivity index (χ4n) is 1.48. The Labute approximate surface area is 105 Å². The van der Waals surface area contributed by atoms with Gasteiger partial charge < -0.3 is 5.11 Å². The first-order chi connectivity index (χ1) is 8.25. The topological polar surface area (TPSA) is 50.9 Å². The molecule has 0 aliphatic heterocycles. The van der Waals surface area contributed by atoms with Crippen LogP contribution >= 0.6 is 11.8 Å². The molecule has 1 aromatic carbocycles. The largest absolute Gasteiger partial charge is 0.392 e. The molecule has 2 aromatic rings. The first kappa shape index (κ1) is 12.1. The second kappa shape index (κ2) is 5.84. The van der Waals surface area contributed by atoms with Crippen molar-refractivity contribution in [1.29, 1.82) is 0 Å². The molecule has 0 bridgehead atoms. The molecule has 90 valence electrons. The van der Waals surface area contributed by atoms with Gasteiger partial charge in [0.1, 0.15) is 12.2 Å². The minimum absolute atomic E-state index is 0.400. The lowest BCUT2D eigenvalue weighted by Crippen LogP contribution is -2.16. The van der Waals surface area contributed by atoms with Crippen molar-refractivity contribution >= 4 is 11.8 Å². The van der Waals surface area contributed by atoms with Crippen molar-refractivity contribution in [3.63, 3.8) is 0 Å². The number of hydrogen-bond acceptors (Lipinski definition) is 4. The lowest BCUT2D eigenvalue weighted by Gasteiger charge is -2.09. The molecule has 0 fully saturated rings. The zero-order valence-electron chi connectivity index (χ0n) is 9.65. The molecule has 1 N–H and O–H groups in total. The SMILES string of the molecule is Cn1ncnc1CC(O)CSc1ccccc1. The number of thioether (sulfide) groups is 1. The number of nitrogens with zero attached hydrogens (tertiary/aromatic N) is 3. The van der Waals surface area contributed by atoms with Crippen LogP contribution in [0.3, 0.4) is 0 Å². The summed E-state index contributed by atoms with van der Waals surface area (Å²) in [5.41, 5.74) is 0. The number of aryl methyl sites for hydroxylation is 1. The molecule has 1 atom stereocenters. The normalized spacial score (nSPS) is 12.6. The Kier molecular flexibility index (Phi) is 4.17. The van der Waals surface area contributed by atoms with Crippen LogP contribution in [0.25, 0.3) is 0 Å². The van der Waals surface area contributed by atoms with E-state index in [1.807, 2.05) is 37.4 Å². The molecule has 4 nitrogen and oxygen atoms in total. The second-order valence-corrected chi connectivity index (χ2v) is 4.88. The van der Waals surface area contributed by atoms with Gasteiger partial charge in [0.05, 0.1) is 6.10 Å². The highest BCUT2D eigenvalue weighted by atomic mass is 32.2. The van der Waals surface area contributed by atoms with Crippen LogP contribution in [0, 0.1) is 0 Å². The average molecular weight is 249 g/mol. The van der Waals surface area contributed by atoms with E-state index in [0.717, 1.165) is 5.82 Å². The van der Waals surface area contributed by atoms with Gasteiger partial charge >= 0.3 is 0 Å². The van der Waals surface area contributed by atoms with Gasteiger partial charge in [-0.25, -0.2) is 4.98 Å². The molecule has 0 saturated carbocycles. The Hall–Kier alpha value is -1.33. The standard InChI is InChI=1S/C12H15N3OS/c1-15-12(13-9-14-15)7-10(16)8-17-11-5-3-2-4-6-11/h2-6,9-10,16H,7-8H2,1H3. The van der Waals surface area contributed by atoms with Gasteiger partial charge in [-0.2, -0.15) is 5.10 Å². The monoisotopic (exact) mass is 249 g/mol. The van der Waals surface area contributed by atoms with Gasteiger partial charge in [0, 0.05) is 24.1 Å². The van der Waals surface area contributed by atoms with E-state index in [2.05, 4.69) is 10.1 Å². The number of rotatable bonds is 5. The molecule has 0 saturated heterocycles. The molecular weight excluding hydrogens is 234 g/mol. The highest BCUT2D eigenvalue weighted by Crippen LogP contribution is 2.18. The van der Waals surface area contributed by atoms with E-state index in [1.54, 1.807) is 16.4 Å². The second-order valence-electron chi connectivity index (χ2n) is 3.78. The number of benzene rings is 1. The summed E-state index contributed by atoms with van der Waals surface area (Å²) in [4.78, 5) is 5.26. The molecule has 0 radical (unpaired) electrons. The third-order valence-corrected chi connectivity index (χ3v) is 3.57. The number of hydrogen-bond donors (Lipinski definition) is 1. The van der Waals surface area contributed by atoms with Crippen molar-refractivity contribution in [2.24, 2.45) is 7.05 Å². The molecule has 0 aliphatic rings. The van der Waals surface area contributed by atoms with E-state index < -0.39 is 6.10 Å². The number of aliphatic hydroxyl groups is 1. The molecule has 0 aliphatic carbocycles. The average Bonchev–Trinajstić information content (AvgIpc) is 2.74. The van der Waals surface area contributed by atoms with Gasteiger partial charge in [-0.15, -0.1) is 11.8 Å². The van der Waals surface area contributed by atoms with E-state index in [4.69, 9.17) is 0 Å². The van der Waals surface area contributed by atoms with E-state index in [0.29, 0.717) is 12.2 Å². The maximum absolute atomic E-state index is 9.90. The summed E-state index contributed by atoms with van der Waals surface area (Å²) in [6, 6.07) is 10.1. The van der Waals surface area contributed by atoms with Crippen LogP contribution in [-0.2, 0) is 13.5 Å². The minimum atomic E-state index is -0.400. The predicted molar refractivity (Wildman–Crippen MR) is 67.9 cm³/mol. The van der Waals surface area contributed by atoms with Gasteiger partial charge in [-0.05, 0) is 12.1 Å². The Balaban J connectivity index is 1.82. The predicted octanol–water partition coefficient (Wildman–Crippen LogP) is 1.51. The first-order valence-corrected chi connectivity index (χ1v) is 6.43. The molecule has 1 unspecified atom stereocenters. The molecule has 1 aromatic heterocycles. The molecular formula is C12H15N3OS. The smallest absolute Gasteiger partial charge is 0.138 e. The van der Waals surface area contributed by atoms with E-state index in [9.17, 15) is 5.11 Å². The van der Waals surface area contributed by atoms with E-state index >= 15 is 0 Å². The highest BCUT2D eigenvalue weighted by molar-refractivity contribution is 7.99. The lowest BCUT2D eigenvalue weighted by atomic mass is 10.3. The van der Waals surface area contributed by atoms with Crippen LogP contribution in [0.4, 0.5) is 0 Å². The summed E-state index contributed by atoms with van der Waals surface area (Å²) in [5, 5.41) is 13.9. The molecule has 2 rings (SSSR count). The minimum Gasteiger partial charge on any atom is -0.392 e. The van der Waals surface area contributed by atoms with Crippen LogP contribution < -0.4 is 0 Å². The van der Waals surface area contributed by atoms with Crippen LogP contribution in [0.5, 0.6) is 0 Å². The van der Waals surface area contributed by atoms with Gasteiger partial charge in [0.15, 0.2) is 0 Å². The van der Waals surface area contributed by atoms with E-state index in [1.165, 1.54) is 11.2 Å². The van der Waals surface area contributed by atoms with Crippen molar-refractivity contribution in [3.8, 4) is 0 Å². The maximum atomic E-state index is 9.90. The van der Waals surface area contributed by atoms with Crippen molar-refractivity contribution < 1.29 is 5.11 Å². The maximum Gasteiger partial charge on any atom is 0.138 e. The number of aliphatic hydroxyl groups excluding tert-OH is 1. The molecule has 1 heterocycles. The quantitative estimate of drug-likeness (QED) is 0.816. The summed E-state index contributed by atoms with van der Waals surface area (Å²) in [6.45, 7) is 0. The van der Waals surface area contributed by atoms with Gasteiger partial charge in [-0.3, -0.25) is 4.68 Å². The highest BCUT2D eigenvalue weighted by Gasteiger charge is 2.10.